The summed E-state index contributed by atoms with van der Waals surface area (Å²) in [6, 6.07) is 6.83. The lowest BCUT2D eigenvalue weighted by Gasteiger charge is -2.11. The molecular weight excluding hydrogens is 224 g/mol. The van der Waals surface area contributed by atoms with Crippen molar-refractivity contribution in [3.63, 3.8) is 0 Å². The van der Waals surface area contributed by atoms with Crippen LogP contribution < -0.4 is 10.1 Å². The van der Waals surface area contributed by atoms with Gasteiger partial charge in [0.15, 0.2) is 0 Å². The lowest BCUT2D eigenvalue weighted by atomic mass is 10.0. The van der Waals surface area contributed by atoms with E-state index in [2.05, 4.69) is 36.0 Å². The molecule has 1 aliphatic heterocycles. The van der Waals surface area contributed by atoms with E-state index >= 15 is 0 Å². The Hall–Kier alpha value is -1.48. The normalized spacial score (nSPS) is 19.6. The molecule has 1 N–H and O–H groups in total. The molecule has 0 aliphatic carbocycles. The molecule has 0 saturated carbocycles. The molecule has 1 aromatic heterocycles. The van der Waals surface area contributed by atoms with Gasteiger partial charge < -0.3 is 14.6 Å². The number of fused-ring (bicyclic) bond motifs is 1. The van der Waals surface area contributed by atoms with Crippen LogP contribution in [0.25, 0.3) is 10.9 Å². The third-order valence-electron chi connectivity index (χ3n) is 4.15. The predicted octanol–water partition coefficient (Wildman–Crippen LogP) is 2.92. The van der Waals surface area contributed by atoms with Crippen molar-refractivity contribution in [3.8, 4) is 5.75 Å². The standard InChI is InChI=1S/C15H20N2O/c1-10-14(12-7-5-9-16-12)11-6-4-8-13(18-3)15(11)17(10)2/h4,6,8,12,16H,5,7,9H2,1-3H3. The minimum atomic E-state index is 0.501. The number of methoxy groups -OCH3 is 1. The smallest absolute Gasteiger partial charge is 0.143 e. The molecule has 0 radical (unpaired) electrons. The SMILES string of the molecule is COc1cccc2c(C3CCCN3)c(C)n(C)c12. The minimum absolute atomic E-state index is 0.501. The summed E-state index contributed by atoms with van der Waals surface area (Å²) in [4.78, 5) is 0. The Balaban J connectivity index is 2.28. The molecule has 0 spiro atoms. The fourth-order valence-electron chi connectivity index (χ4n) is 3.16. The maximum absolute atomic E-state index is 5.50. The molecule has 1 unspecified atom stereocenters. The molecule has 0 amide bonds. The van der Waals surface area contributed by atoms with Gasteiger partial charge in [-0.2, -0.15) is 0 Å². The van der Waals surface area contributed by atoms with Gasteiger partial charge in [-0.15, -0.1) is 0 Å². The van der Waals surface area contributed by atoms with Crippen molar-refractivity contribution in [1.29, 1.82) is 0 Å². The van der Waals surface area contributed by atoms with E-state index in [1.165, 1.54) is 35.0 Å². The maximum atomic E-state index is 5.50. The summed E-state index contributed by atoms with van der Waals surface area (Å²) in [6.07, 6.45) is 2.50. The number of para-hydroxylation sites is 1. The second-order valence-corrected chi connectivity index (χ2v) is 5.06. The van der Waals surface area contributed by atoms with Crippen molar-refractivity contribution in [2.24, 2.45) is 7.05 Å². The van der Waals surface area contributed by atoms with Gasteiger partial charge in [-0.3, -0.25) is 0 Å². The van der Waals surface area contributed by atoms with Crippen molar-refractivity contribution in [1.82, 2.24) is 9.88 Å². The van der Waals surface area contributed by atoms with Gasteiger partial charge >= 0.3 is 0 Å². The summed E-state index contributed by atoms with van der Waals surface area (Å²) in [5.74, 6) is 0.961. The first-order valence-electron chi connectivity index (χ1n) is 6.59. The molecule has 3 rings (SSSR count). The first-order valence-corrected chi connectivity index (χ1v) is 6.59. The largest absolute Gasteiger partial charge is 0.495 e. The monoisotopic (exact) mass is 244 g/mol. The Morgan fingerprint density at radius 2 is 2.22 bits per heavy atom. The van der Waals surface area contributed by atoms with Crippen LogP contribution in [-0.2, 0) is 7.05 Å². The summed E-state index contributed by atoms with van der Waals surface area (Å²) in [6.45, 7) is 3.33. The number of hydrogen-bond acceptors (Lipinski definition) is 2. The fraction of sp³-hybridized carbons (Fsp3) is 0.467. The molecule has 1 fully saturated rings. The van der Waals surface area contributed by atoms with Gasteiger partial charge in [0.1, 0.15) is 5.75 Å². The highest BCUT2D eigenvalue weighted by molar-refractivity contribution is 5.90. The van der Waals surface area contributed by atoms with Crippen LogP contribution in [0.1, 0.15) is 30.1 Å². The number of ether oxygens (including phenoxy) is 1. The molecule has 3 nitrogen and oxygen atoms in total. The van der Waals surface area contributed by atoms with E-state index < -0.39 is 0 Å². The second kappa shape index (κ2) is 4.32. The van der Waals surface area contributed by atoms with Crippen molar-refractivity contribution < 1.29 is 4.74 Å². The Labute approximate surface area is 108 Å². The molecule has 18 heavy (non-hydrogen) atoms. The van der Waals surface area contributed by atoms with E-state index in [1.54, 1.807) is 7.11 Å². The Morgan fingerprint density at radius 3 is 2.89 bits per heavy atom. The number of benzene rings is 1. The second-order valence-electron chi connectivity index (χ2n) is 5.06. The molecule has 2 aromatic rings. The summed E-state index contributed by atoms with van der Waals surface area (Å²) >= 11 is 0. The van der Waals surface area contributed by atoms with Crippen LogP contribution >= 0.6 is 0 Å². The number of aromatic nitrogens is 1. The van der Waals surface area contributed by atoms with E-state index in [0.717, 1.165) is 12.3 Å². The highest BCUT2D eigenvalue weighted by atomic mass is 16.5. The highest BCUT2D eigenvalue weighted by Crippen LogP contribution is 2.37. The third kappa shape index (κ3) is 1.54. The van der Waals surface area contributed by atoms with Gasteiger partial charge in [-0.25, -0.2) is 0 Å². The van der Waals surface area contributed by atoms with Gasteiger partial charge in [0.2, 0.25) is 0 Å². The molecule has 1 saturated heterocycles. The highest BCUT2D eigenvalue weighted by Gasteiger charge is 2.24. The van der Waals surface area contributed by atoms with Crippen LogP contribution in [0, 0.1) is 6.92 Å². The number of nitrogens with zero attached hydrogens (tertiary/aromatic N) is 1. The molecule has 1 atom stereocenters. The number of aryl methyl sites for hydroxylation is 1. The van der Waals surface area contributed by atoms with Crippen molar-refractivity contribution in [2.45, 2.75) is 25.8 Å². The van der Waals surface area contributed by atoms with Crippen molar-refractivity contribution in [2.75, 3.05) is 13.7 Å². The molecular formula is C15H20N2O. The predicted molar refractivity (Wildman–Crippen MR) is 74.2 cm³/mol. The van der Waals surface area contributed by atoms with Crippen LogP contribution in [0.15, 0.2) is 18.2 Å². The summed E-state index contributed by atoms with van der Waals surface area (Å²) in [5, 5.41) is 4.93. The molecule has 96 valence electrons. The van der Waals surface area contributed by atoms with E-state index in [0.29, 0.717) is 6.04 Å². The van der Waals surface area contributed by atoms with Crippen LogP contribution in [0.3, 0.4) is 0 Å². The van der Waals surface area contributed by atoms with Gasteiger partial charge in [0, 0.05) is 24.2 Å². The van der Waals surface area contributed by atoms with Crippen LogP contribution in [-0.4, -0.2) is 18.2 Å². The Morgan fingerprint density at radius 1 is 1.39 bits per heavy atom. The summed E-state index contributed by atoms with van der Waals surface area (Å²) < 4.78 is 7.75. The van der Waals surface area contributed by atoms with Crippen LogP contribution in [0.4, 0.5) is 0 Å². The van der Waals surface area contributed by atoms with Gasteiger partial charge in [-0.1, -0.05) is 12.1 Å². The van der Waals surface area contributed by atoms with Gasteiger partial charge in [-0.05, 0) is 37.9 Å². The third-order valence-corrected chi connectivity index (χ3v) is 4.15. The zero-order valence-electron chi connectivity index (χ0n) is 11.3. The summed E-state index contributed by atoms with van der Waals surface area (Å²) in [5.41, 5.74) is 4.00. The first kappa shape index (κ1) is 11.6. The van der Waals surface area contributed by atoms with Crippen molar-refractivity contribution >= 4 is 10.9 Å². The van der Waals surface area contributed by atoms with E-state index in [9.17, 15) is 0 Å². The molecule has 1 aliphatic rings. The first-order chi connectivity index (χ1) is 8.74. The average Bonchev–Trinajstić information content (AvgIpc) is 2.98. The van der Waals surface area contributed by atoms with Gasteiger partial charge in [0.25, 0.3) is 0 Å². The zero-order valence-corrected chi connectivity index (χ0v) is 11.3. The minimum Gasteiger partial charge on any atom is -0.495 e. The van der Waals surface area contributed by atoms with Crippen LogP contribution in [0.2, 0.25) is 0 Å². The number of hydrogen-bond donors (Lipinski definition) is 1. The fourth-order valence-corrected chi connectivity index (χ4v) is 3.16. The molecule has 0 bridgehead atoms. The number of rotatable bonds is 2. The summed E-state index contributed by atoms with van der Waals surface area (Å²) in [7, 11) is 3.86. The maximum Gasteiger partial charge on any atom is 0.143 e. The Bertz CT molecular complexity index is 580. The van der Waals surface area contributed by atoms with E-state index in [-0.39, 0.29) is 0 Å². The van der Waals surface area contributed by atoms with E-state index in [4.69, 9.17) is 4.74 Å². The zero-order chi connectivity index (χ0) is 12.7. The molecule has 2 heterocycles. The Kier molecular flexibility index (Phi) is 2.78. The van der Waals surface area contributed by atoms with Crippen LogP contribution in [0.5, 0.6) is 5.75 Å². The van der Waals surface area contributed by atoms with E-state index in [1.807, 2.05) is 6.07 Å². The average molecular weight is 244 g/mol. The lowest BCUT2D eigenvalue weighted by molar-refractivity contribution is 0.418. The quantitative estimate of drug-likeness (QED) is 0.879. The van der Waals surface area contributed by atoms with Gasteiger partial charge in [0.05, 0.1) is 12.6 Å². The lowest BCUT2D eigenvalue weighted by Crippen LogP contribution is -2.13. The molecule has 3 heteroatoms. The number of nitrogens with one attached hydrogen (secondary N) is 1. The molecule has 1 aromatic carbocycles. The topological polar surface area (TPSA) is 26.2 Å². The van der Waals surface area contributed by atoms with Crippen molar-refractivity contribution in [3.05, 3.63) is 29.5 Å².